The second-order valence-corrected chi connectivity index (χ2v) is 14.7. The van der Waals surface area contributed by atoms with E-state index in [1.807, 2.05) is 0 Å². The van der Waals surface area contributed by atoms with Gasteiger partial charge in [0.15, 0.2) is 5.71 Å². The molecule has 1 aliphatic carbocycles. The summed E-state index contributed by atoms with van der Waals surface area (Å²) in [4.78, 5) is 13.1. The highest BCUT2D eigenvalue weighted by Gasteiger charge is 2.47. The van der Waals surface area contributed by atoms with Crippen LogP contribution in [0, 0.1) is 23.2 Å². The van der Waals surface area contributed by atoms with E-state index in [9.17, 15) is 4.79 Å². The second-order valence-electron chi connectivity index (χ2n) is 14.7. The van der Waals surface area contributed by atoms with Gasteiger partial charge in [0.25, 0.3) is 0 Å². The molecule has 232 valence electrons. The fourth-order valence-corrected chi connectivity index (χ4v) is 5.57. The molecule has 0 aliphatic heterocycles. The monoisotopic (exact) mass is 583 g/mol. The van der Waals surface area contributed by atoms with E-state index in [1.54, 1.807) is 0 Å². The summed E-state index contributed by atoms with van der Waals surface area (Å²) in [6.07, 6.45) is 12.5. The van der Waals surface area contributed by atoms with Crippen LogP contribution in [0.1, 0.15) is 90.8 Å². The van der Waals surface area contributed by atoms with Crippen molar-refractivity contribution in [1.82, 2.24) is 0 Å². The van der Waals surface area contributed by atoms with Crippen LogP contribution in [0.4, 0.5) is 5.69 Å². The Balaban J connectivity index is 1.55. The van der Waals surface area contributed by atoms with Crippen LogP contribution in [0.25, 0.3) is 5.57 Å². The summed E-state index contributed by atoms with van der Waals surface area (Å²) in [5, 5.41) is 3.56. The van der Waals surface area contributed by atoms with Crippen LogP contribution in [0.3, 0.4) is 0 Å². The molecule has 2 aromatic carbocycles. The zero-order valence-electron chi connectivity index (χ0n) is 28.4. The van der Waals surface area contributed by atoms with Gasteiger partial charge >= 0.3 is 5.97 Å². The minimum absolute atomic E-state index is 0.0583. The number of benzene rings is 2. The Bertz CT molecular complexity index is 1340. The van der Waals surface area contributed by atoms with E-state index in [4.69, 9.17) is 4.74 Å². The standard InChI is InChI=1S/C39H54N2O2/c1-29-14-16-30(17-15-29)35(32-20-24-34(25-21-32)41(9)10)31-18-22-33(23-19-31)40-26-12-11-13-27-43-36(42)39(8,38(5,6)7)28-37(2,3)4/h14-25H,11-13,26-28H2,1-10H3/p+1. The number of aryl methyl sites for hydroxylation is 1. The summed E-state index contributed by atoms with van der Waals surface area (Å²) in [5.74, 6) is -0.0661. The maximum atomic E-state index is 13.1. The third-order valence-corrected chi connectivity index (χ3v) is 8.56. The number of nitrogens with zero attached hydrogens (tertiary/aromatic N) is 1. The van der Waals surface area contributed by atoms with Crippen molar-refractivity contribution in [3.8, 4) is 0 Å². The van der Waals surface area contributed by atoms with Gasteiger partial charge in [0.05, 0.1) is 12.0 Å². The third kappa shape index (κ3) is 9.55. The SMILES string of the molecule is Cc1ccc(C(=C2C=CC(=[N+](C)C)C=C2)c2ccc(NCCCCCOC(=O)C(C)(CC(C)(C)C)C(C)(C)C)cc2)cc1. The normalized spacial score (nSPS) is 14.8. The van der Waals surface area contributed by atoms with Gasteiger partial charge in [-0.05, 0) is 96.9 Å². The largest absolute Gasteiger partial charge is 0.465 e. The Morgan fingerprint density at radius 1 is 0.767 bits per heavy atom. The first-order chi connectivity index (χ1) is 20.1. The van der Waals surface area contributed by atoms with Crippen molar-refractivity contribution in [3.05, 3.63) is 95.1 Å². The number of nitrogens with one attached hydrogen (secondary N) is 1. The van der Waals surface area contributed by atoms with E-state index in [0.29, 0.717) is 6.61 Å². The van der Waals surface area contributed by atoms with Gasteiger partial charge in [-0.3, -0.25) is 4.79 Å². The van der Waals surface area contributed by atoms with Gasteiger partial charge in [-0.25, -0.2) is 4.58 Å². The number of anilines is 1. The molecule has 0 fully saturated rings. The molecule has 0 amide bonds. The minimum Gasteiger partial charge on any atom is -0.465 e. The van der Waals surface area contributed by atoms with Crippen molar-refractivity contribution >= 4 is 22.9 Å². The molecular weight excluding hydrogens is 528 g/mol. The van der Waals surface area contributed by atoms with Crippen LogP contribution in [0.15, 0.2) is 78.4 Å². The van der Waals surface area contributed by atoms with Gasteiger partial charge in [-0.15, -0.1) is 0 Å². The van der Waals surface area contributed by atoms with E-state index in [0.717, 1.165) is 37.9 Å². The molecule has 0 bridgehead atoms. The maximum Gasteiger partial charge on any atom is 0.312 e. The predicted octanol–water partition coefficient (Wildman–Crippen LogP) is 9.25. The average molecular weight is 584 g/mol. The van der Waals surface area contributed by atoms with E-state index in [-0.39, 0.29) is 16.8 Å². The topological polar surface area (TPSA) is 41.3 Å². The molecule has 0 saturated carbocycles. The summed E-state index contributed by atoms with van der Waals surface area (Å²) >= 11 is 0. The third-order valence-electron chi connectivity index (χ3n) is 8.56. The number of carbonyl (C=O) groups is 1. The Labute approximate surface area is 261 Å². The lowest BCUT2D eigenvalue weighted by atomic mass is 9.61. The van der Waals surface area contributed by atoms with E-state index in [2.05, 4.69) is 152 Å². The number of allylic oxidation sites excluding steroid dienone is 5. The van der Waals surface area contributed by atoms with Crippen LogP contribution < -0.4 is 5.32 Å². The van der Waals surface area contributed by atoms with Gasteiger partial charge in [0, 0.05) is 24.4 Å². The minimum atomic E-state index is -0.509. The molecule has 3 rings (SSSR count). The molecule has 0 saturated heterocycles. The molecular formula is C39H55N2O2+. The lowest BCUT2D eigenvalue weighted by Gasteiger charge is -2.43. The average Bonchev–Trinajstić information content (AvgIpc) is 2.93. The van der Waals surface area contributed by atoms with Gasteiger partial charge in [0.2, 0.25) is 0 Å². The Hall–Kier alpha value is -3.40. The molecule has 0 radical (unpaired) electrons. The maximum absolute atomic E-state index is 13.1. The van der Waals surface area contributed by atoms with E-state index < -0.39 is 5.41 Å². The predicted molar refractivity (Wildman–Crippen MR) is 184 cm³/mol. The zero-order valence-corrected chi connectivity index (χ0v) is 28.4. The van der Waals surface area contributed by atoms with Gasteiger partial charge in [-0.2, -0.15) is 0 Å². The van der Waals surface area contributed by atoms with Gasteiger partial charge < -0.3 is 10.1 Å². The number of carbonyl (C=O) groups excluding carboxylic acids is 1. The molecule has 1 unspecified atom stereocenters. The van der Waals surface area contributed by atoms with Crippen molar-refractivity contribution in [3.63, 3.8) is 0 Å². The van der Waals surface area contributed by atoms with E-state index in [1.165, 1.54) is 33.5 Å². The fraction of sp³-hybridized carbons (Fsp3) is 0.487. The van der Waals surface area contributed by atoms with Gasteiger partial charge in [0.1, 0.15) is 14.1 Å². The summed E-state index contributed by atoms with van der Waals surface area (Å²) in [6, 6.07) is 17.5. The first-order valence-electron chi connectivity index (χ1n) is 15.8. The van der Waals surface area contributed by atoms with Crippen LogP contribution >= 0.6 is 0 Å². The number of unbranched alkanes of at least 4 members (excludes halogenated alkanes) is 2. The molecule has 0 heterocycles. The number of hydrogen-bond acceptors (Lipinski definition) is 3. The van der Waals surface area contributed by atoms with Crippen LogP contribution in [-0.2, 0) is 9.53 Å². The molecule has 0 spiro atoms. The summed E-state index contributed by atoms with van der Waals surface area (Å²) in [7, 11) is 4.13. The molecule has 4 nitrogen and oxygen atoms in total. The fourth-order valence-electron chi connectivity index (χ4n) is 5.57. The summed E-state index contributed by atoms with van der Waals surface area (Å²) in [5.41, 5.74) is 7.80. The van der Waals surface area contributed by atoms with Crippen LogP contribution in [0.5, 0.6) is 0 Å². The smallest absolute Gasteiger partial charge is 0.312 e. The highest BCUT2D eigenvalue weighted by Crippen LogP contribution is 2.47. The van der Waals surface area contributed by atoms with E-state index >= 15 is 0 Å². The Morgan fingerprint density at radius 2 is 1.33 bits per heavy atom. The lowest BCUT2D eigenvalue weighted by Crippen LogP contribution is -2.44. The summed E-state index contributed by atoms with van der Waals surface area (Å²) < 4.78 is 7.94. The van der Waals surface area contributed by atoms with Crippen molar-refractivity contribution in [2.24, 2.45) is 16.2 Å². The molecule has 0 aromatic heterocycles. The molecule has 43 heavy (non-hydrogen) atoms. The van der Waals surface area contributed by atoms with Crippen molar-refractivity contribution in [2.45, 2.75) is 81.1 Å². The van der Waals surface area contributed by atoms with Gasteiger partial charge in [-0.1, -0.05) is 83.5 Å². The van der Waals surface area contributed by atoms with Crippen molar-refractivity contribution in [2.75, 3.05) is 32.6 Å². The number of rotatable bonds is 11. The highest BCUT2D eigenvalue weighted by atomic mass is 16.5. The first kappa shape index (κ1) is 34.1. The Kier molecular flexibility index (Phi) is 11.4. The number of ether oxygens (including phenoxy) is 1. The zero-order chi connectivity index (χ0) is 31.8. The van der Waals surface area contributed by atoms with Crippen LogP contribution in [0.2, 0.25) is 0 Å². The molecule has 1 atom stereocenters. The highest BCUT2D eigenvalue weighted by molar-refractivity contribution is 6.04. The number of esters is 1. The Morgan fingerprint density at radius 3 is 1.84 bits per heavy atom. The molecule has 1 aliphatic rings. The summed E-state index contributed by atoms with van der Waals surface area (Å²) in [6.45, 7) is 18.6. The van der Waals surface area contributed by atoms with Crippen molar-refractivity contribution < 1.29 is 14.1 Å². The number of hydrogen-bond donors (Lipinski definition) is 1. The quantitative estimate of drug-likeness (QED) is 0.163. The molecule has 1 N–H and O–H groups in total. The molecule has 2 aromatic rings. The second kappa shape index (κ2) is 14.4. The van der Waals surface area contributed by atoms with Crippen molar-refractivity contribution in [1.29, 1.82) is 0 Å². The lowest BCUT2D eigenvalue weighted by molar-refractivity contribution is -0.462. The molecule has 4 heteroatoms. The van der Waals surface area contributed by atoms with Crippen LogP contribution in [-0.4, -0.2) is 43.5 Å². The first-order valence-corrected chi connectivity index (χ1v) is 15.8.